The van der Waals surface area contributed by atoms with Crippen LogP contribution in [0.2, 0.25) is 0 Å². The minimum absolute atomic E-state index is 0.270. The lowest BCUT2D eigenvalue weighted by molar-refractivity contribution is 0.0488. The van der Waals surface area contributed by atoms with Crippen LogP contribution in [0.25, 0.3) is 22.3 Å². The lowest BCUT2D eigenvalue weighted by Crippen LogP contribution is -2.30. The van der Waals surface area contributed by atoms with Gasteiger partial charge in [0.25, 0.3) is 0 Å². The molecule has 0 fully saturated rings. The van der Waals surface area contributed by atoms with Crippen molar-refractivity contribution in [3.05, 3.63) is 83.9 Å². The standard InChI is InChI=1S/C23H23O2P/c1-23(2,25)22(24)21-13-11-20(12-14-21)19-9-7-18(8-10-19)17-5-3-16(15-26)4-6-17/h3-14,25H,15,26H2,1-2H3. The Kier molecular flexibility index (Phi) is 5.36. The summed E-state index contributed by atoms with van der Waals surface area (Å²) in [5.41, 5.74) is 4.99. The van der Waals surface area contributed by atoms with Crippen molar-refractivity contribution in [2.24, 2.45) is 0 Å². The molecule has 0 heterocycles. The van der Waals surface area contributed by atoms with E-state index >= 15 is 0 Å². The highest BCUT2D eigenvalue weighted by atomic mass is 31.0. The van der Waals surface area contributed by atoms with Crippen molar-refractivity contribution >= 4 is 15.0 Å². The highest BCUT2D eigenvalue weighted by molar-refractivity contribution is 7.15. The quantitative estimate of drug-likeness (QED) is 0.491. The smallest absolute Gasteiger partial charge is 0.193 e. The van der Waals surface area contributed by atoms with Crippen molar-refractivity contribution in [3.63, 3.8) is 0 Å². The van der Waals surface area contributed by atoms with Crippen LogP contribution in [0.4, 0.5) is 0 Å². The van der Waals surface area contributed by atoms with Crippen LogP contribution in [0.5, 0.6) is 0 Å². The molecule has 3 rings (SSSR count). The monoisotopic (exact) mass is 362 g/mol. The SMILES string of the molecule is CC(C)(O)C(=O)c1ccc(-c2ccc(-c3ccc(CP)cc3)cc2)cc1. The summed E-state index contributed by atoms with van der Waals surface area (Å²) in [5, 5.41) is 9.85. The van der Waals surface area contributed by atoms with Gasteiger partial charge in [0.05, 0.1) is 0 Å². The lowest BCUT2D eigenvalue weighted by atomic mass is 9.94. The number of carbonyl (C=O) groups is 1. The molecule has 0 amide bonds. The van der Waals surface area contributed by atoms with E-state index in [1.165, 1.54) is 30.5 Å². The van der Waals surface area contributed by atoms with Gasteiger partial charge in [0, 0.05) is 5.56 Å². The summed E-state index contributed by atoms with van der Waals surface area (Å²) >= 11 is 0. The van der Waals surface area contributed by atoms with Gasteiger partial charge in [-0.3, -0.25) is 4.79 Å². The molecular formula is C23H23O2P. The number of carbonyl (C=O) groups excluding carboxylic acids is 1. The highest BCUT2D eigenvalue weighted by Gasteiger charge is 2.24. The minimum atomic E-state index is -1.35. The zero-order valence-corrected chi connectivity index (χ0v) is 16.2. The van der Waals surface area contributed by atoms with Crippen LogP contribution in [-0.4, -0.2) is 16.5 Å². The van der Waals surface area contributed by atoms with Gasteiger partial charge >= 0.3 is 0 Å². The van der Waals surface area contributed by atoms with E-state index in [1.54, 1.807) is 12.1 Å². The van der Waals surface area contributed by atoms with E-state index in [4.69, 9.17) is 0 Å². The maximum absolute atomic E-state index is 12.1. The number of rotatable bonds is 5. The van der Waals surface area contributed by atoms with E-state index in [0.717, 1.165) is 17.3 Å². The minimum Gasteiger partial charge on any atom is -0.382 e. The Morgan fingerprint density at radius 1 is 0.769 bits per heavy atom. The van der Waals surface area contributed by atoms with Crippen LogP contribution in [0.15, 0.2) is 72.8 Å². The number of aliphatic hydroxyl groups is 1. The number of hydrogen-bond acceptors (Lipinski definition) is 2. The first-order chi connectivity index (χ1) is 12.4. The van der Waals surface area contributed by atoms with Gasteiger partial charge in [-0.15, -0.1) is 9.24 Å². The molecule has 0 aliphatic heterocycles. The molecule has 3 aromatic carbocycles. The Hall–Kier alpha value is -2.28. The third-order valence-corrected chi connectivity index (χ3v) is 4.92. The fraction of sp³-hybridized carbons (Fsp3) is 0.174. The second kappa shape index (κ2) is 7.53. The second-order valence-electron chi connectivity index (χ2n) is 6.94. The molecule has 1 unspecified atom stereocenters. The molecule has 0 aliphatic rings. The second-order valence-corrected chi connectivity index (χ2v) is 7.35. The Balaban J connectivity index is 1.81. The molecule has 0 bridgehead atoms. The first-order valence-electron chi connectivity index (χ1n) is 8.65. The van der Waals surface area contributed by atoms with Crippen LogP contribution in [0, 0.1) is 0 Å². The molecular weight excluding hydrogens is 339 g/mol. The Morgan fingerprint density at radius 2 is 1.12 bits per heavy atom. The Morgan fingerprint density at radius 3 is 1.46 bits per heavy atom. The predicted molar refractivity (Wildman–Crippen MR) is 111 cm³/mol. The predicted octanol–water partition coefficient (Wildman–Crippen LogP) is 5.35. The first kappa shape index (κ1) is 18.5. The van der Waals surface area contributed by atoms with E-state index in [-0.39, 0.29) is 5.78 Å². The van der Waals surface area contributed by atoms with Crippen molar-refractivity contribution in [3.8, 4) is 22.3 Å². The van der Waals surface area contributed by atoms with Gasteiger partial charge in [-0.25, -0.2) is 0 Å². The number of ketones is 1. The number of Topliss-reactive ketones (excluding diaryl/α,β-unsaturated/α-hetero) is 1. The zero-order chi connectivity index (χ0) is 18.7. The first-order valence-corrected chi connectivity index (χ1v) is 9.47. The van der Waals surface area contributed by atoms with Gasteiger partial charge < -0.3 is 5.11 Å². The molecule has 1 N–H and O–H groups in total. The van der Waals surface area contributed by atoms with Gasteiger partial charge in [-0.1, -0.05) is 72.8 Å². The molecule has 0 radical (unpaired) electrons. The van der Waals surface area contributed by atoms with Crippen molar-refractivity contribution in [1.29, 1.82) is 0 Å². The molecule has 26 heavy (non-hydrogen) atoms. The van der Waals surface area contributed by atoms with Crippen molar-refractivity contribution < 1.29 is 9.90 Å². The topological polar surface area (TPSA) is 37.3 Å². The van der Waals surface area contributed by atoms with Crippen LogP contribution < -0.4 is 0 Å². The molecule has 3 aromatic rings. The maximum Gasteiger partial charge on any atom is 0.193 e. The van der Waals surface area contributed by atoms with E-state index < -0.39 is 5.60 Å². The summed E-state index contributed by atoms with van der Waals surface area (Å²) in [7, 11) is 2.74. The Bertz CT molecular complexity index is 887. The summed E-state index contributed by atoms with van der Waals surface area (Å²) in [4.78, 5) is 12.1. The van der Waals surface area contributed by atoms with Crippen molar-refractivity contribution in [2.45, 2.75) is 25.6 Å². The summed E-state index contributed by atoms with van der Waals surface area (Å²) in [6.45, 7) is 3.02. The third kappa shape index (κ3) is 4.09. The van der Waals surface area contributed by atoms with Crippen LogP contribution in [0.3, 0.4) is 0 Å². The summed E-state index contributed by atoms with van der Waals surface area (Å²) < 4.78 is 0. The molecule has 0 saturated heterocycles. The summed E-state index contributed by atoms with van der Waals surface area (Å²) in [6.07, 6.45) is 0.963. The molecule has 0 saturated carbocycles. The van der Waals surface area contributed by atoms with Crippen molar-refractivity contribution in [1.82, 2.24) is 0 Å². The van der Waals surface area contributed by atoms with Gasteiger partial charge in [0.15, 0.2) is 5.78 Å². The molecule has 0 spiro atoms. The van der Waals surface area contributed by atoms with Crippen LogP contribution in [-0.2, 0) is 6.16 Å². The molecule has 0 aliphatic carbocycles. The molecule has 0 aromatic heterocycles. The lowest BCUT2D eigenvalue weighted by Gasteiger charge is -2.15. The average Bonchev–Trinajstić information content (AvgIpc) is 2.67. The van der Waals surface area contributed by atoms with Gasteiger partial charge in [-0.05, 0) is 47.8 Å². The highest BCUT2D eigenvalue weighted by Crippen LogP contribution is 2.26. The Labute approximate surface area is 157 Å². The molecule has 1 atom stereocenters. The fourth-order valence-electron chi connectivity index (χ4n) is 2.86. The average molecular weight is 362 g/mol. The van der Waals surface area contributed by atoms with Crippen LogP contribution in [0.1, 0.15) is 29.8 Å². The maximum atomic E-state index is 12.1. The van der Waals surface area contributed by atoms with E-state index in [2.05, 4.69) is 57.8 Å². The zero-order valence-electron chi connectivity index (χ0n) is 15.1. The molecule has 2 nitrogen and oxygen atoms in total. The van der Waals surface area contributed by atoms with Gasteiger partial charge in [0.1, 0.15) is 5.60 Å². The number of hydrogen-bond donors (Lipinski definition) is 1. The summed E-state index contributed by atoms with van der Waals surface area (Å²) in [5.74, 6) is -0.270. The van der Waals surface area contributed by atoms with Crippen molar-refractivity contribution in [2.75, 3.05) is 0 Å². The van der Waals surface area contributed by atoms with E-state index in [0.29, 0.717) is 5.56 Å². The number of benzene rings is 3. The third-order valence-electron chi connectivity index (χ3n) is 4.44. The molecule has 132 valence electrons. The summed E-state index contributed by atoms with van der Waals surface area (Å²) in [6, 6.07) is 24.4. The van der Waals surface area contributed by atoms with Gasteiger partial charge in [0.2, 0.25) is 0 Å². The molecule has 3 heteroatoms. The van der Waals surface area contributed by atoms with E-state index in [9.17, 15) is 9.90 Å². The normalized spacial score (nSPS) is 11.4. The van der Waals surface area contributed by atoms with E-state index in [1.807, 2.05) is 12.1 Å². The largest absolute Gasteiger partial charge is 0.382 e. The van der Waals surface area contributed by atoms with Gasteiger partial charge in [-0.2, -0.15) is 0 Å². The fourth-order valence-corrected chi connectivity index (χ4v) is 3.13. The van der Waals surface area contributed by atoms with Crippen LogP contribution >= 0.6 is 9.24 Å².